The van der Waals surface area contributed by atoms with Gasteiger partial charge in [0.25, 0.3) is 0 Å². The Labute approximate surface area is 95.9 Å². The molecule has 0 atom stereocenters. The van der Waals surface area contributed by atoms with Gasteiger partial charge in [0.2, 0.25) is 0 Å². The molecular formula is C12H19N2O2+. The van der Waals surface area contributed by atoms with Crippen LogP contribution in [-0.2, 0) is 4.74 Å². The summed E-state index contributed by atoms with van der Waals surface area (Å²) in [6.07, 6.45) is 1.95. The van der Waals surface area contributed by atoms with Crippen LogP contribution in [0.3, 0.4) is 0 Å². The van der Waals surface area contributed by atoms with Gasteiger partial charge in [-0.1, -0.05) is 0 Å². The number of carbonyl (C=O) groups is 1. The summed E-state index contributed by atoms with van der Waals surface area (Å²) < 4.78 is 6.96. The summed E-state index contributed by atoms with van der Waals surface area (Å²) in [5.74, 6) is -0.257. The summed E-state index contributed by atoms with van der Waals surface area (Å²) in [6, 6.07) is 0. The molecule has 1 rings (SSSR count). The lowest BCUT2D eigenvalue weighted by Crippen LogP contribution is -2.07. The van der Waals surface area contributed by atoms with Crippen molar-refractivity contribution in [1.29, 1.82) is 0 Å². The fourth-order valence-electron chi connectivity index (χ4n) is 1.67. The average molecular weight is 223 g/mol. The highest BCUT2D eigenvalue weighted by Crippen LogP contribution is 2.17. The van der Waals surface area contributed by atoms with Crippen molar-refractivity contribution < 1.29 is 14.1 Å². The second kappa shape index (κ2) is 4.96. The lowest BCUT2D eigenvalue weighted by molar-refractivity contribution is -0.458. The third-order valence-corrected chi connectivity index (χ3v) is 2.34. The van der Waals surface area contributed by atoms with Crippen molar-refractivity contribution >= 4 is 12.2 Å². The number of aromatic amines is 1. The molecule has 4 heteroatoms. The van der Waals surface area contributed by atoms with Gasteiger partial charge in [0.1, 0.15) is 19.8 Å². The molecule has 0 aliphatic rings. The number of rotatable bonds is 3. The first-order chi connectivity index (χ1) is 7.47. The van der Waals surface area contributed by atoms with E-state index in [2.05, 4.69) is 4.98 Å². The summed E-state index contributed by atoms with van der Waals surface area (Å²) in [5, 5.41) is 0. The van der Waals surface area contributed by atoms with Crippen molar-refractivity contribution in [2.24, 2.45) is 0 Å². The summed E-state index contributed by atoms with van der Waals surface area (Å²) >= 11 is 0. The van der Waals surface area contributed by atoms with Gasteiger partial charge in [0.05, 0.1) is 12.2 Å². The van der Waals surface area contributed by atoms with Gasteiger partial charge in [0.15, 0.2) is 6.21 Å². The van der Waals surface area contributed by atoms with Crippen LogP contribution in [-0.4, -0.2) is 42.4 Å². The number of aromatic nitrogens is 1. The molecule has 0 aromatic carbocycles. The number of hydrogen-bond donors (Lipinski definition) is 1. The Bertz CT molecular complexity index is 426. The summed E-state index contributed by atoms with van der Waals surface area (Å²) in [7, 11) is 3.89. The quantitative estimate of drug-likeness (QED) is 0.479. The van der Waals surface area contributed by atoms with Crippen LogP contribution < -0.4 is 0 Å². The highest BCUT2D eigenvalue weighted by Gasteiger charge is 2.19. The number of H-pyrrole nitrogens is 1. The van der Waals surface area contributed by atoms with E-state index in [0.29, 0.717) is 12.2 Å². The van der Waals surface area contributed by atoms with Gasteiger partial charge in [-0.2, -0.15) is 0 Å². The largest absolute Gasteiger partial charge is 0.462 e. The second-order valence-electron chi connectivity index (χ2n) is 3.98. The minimum Gasteiger partial charge on any atom is -0.462 e. The molecular weight excluding hydrogens is 204 g/mol. The standard InChI is InChI=1S/C12H18N2O2/c1-6-16-12(15)11-8(2)10(7-14(4)5)13-9(11)3/h7H,6H2,1-5H3/p+1. The van der Waals surface area contributed by atoms with Crippen LogP contribution >= 0.6 is 0 Å². The Kier molecular flexibility index (Phi) is 3.88. The van der Waals surface area contributed by atoms with Gasteiger partial charge in [-0.15, -0.1) is 0 Å². The zero-order chi connectivity index (χ0) is 12.3. The van der Waals surface area contributed by atoms with Crippen LogP contribution in [0.5, 0.6) is 0 Å². The zero-order valence-electron chi connectivity index (χ0n) is 10.5. The number of hydrogen-bond acceptors (Lipinski definition) is 2. The highest BCUT2D eigenvalue weighted by atomic mass is 16.5. The van der Waals surface area contributed by atoms with Gasteiger partial charge in [-0.25, -0.2) is 9.37 Å². The molecule has 1 aromatic heterocycles. The van der Waals surface area contributed by atoms with E-state index >= 15 is 0 Å². The van der Waals surface area contributed by atoms with Crippen LogP contribution in [0, 0.1) is 13.8 Å². The lowest BCUT2D eigenvalue weighted by atomic mass is 10.1. The molecule has 0 aliphatic carbocycles. The molecule has 0 bridgehead atoms. The molecule has 0 fully saturated rings. The topological polar surface area (TPSA) is 45.1 Å². The first-order valence-electron chi connectivity index (χ1n) is 5.35. The van der Waals surface area contributed by atoms with Gasteiger partial charge in [-0.3, -0.25) is 0 Å². The molecule has 1 heterocycles. The molecule has 0 aliphatic heterocycles. The second-order valence-corrected chi connectivity index (χ2v) is 3.98. The smallest absolute Gasteiger partial charge is 0.340 e. The number of nitrogens with one attached hydrogen (secondary N) is 1. The molecule has 0 unspecified atom stereocenters. The Balaban J connectivity index is 3.17. The molecule has 88 valence electrons. The van der Waals surface area contributed by atoms with Crippen molar-refractivity contribution in [1.82, 2.24) is 4.98 Å². The maximum atomic E-state index is 11.7. The monoisotopic (exact) mass is 223 g/mol. The fourth-order valence-corrected chi connectivity index (χ4v) is 1.67. The number of nitrogens with zero attached hydrogens (tertiary/aromatic N) is 1. The van der Waals surface area contributed by atoms with Crippen LogP contribution in [0.4, 0.5) is 0 Å². The van der Waals surface area contributed by atoms with Crippen LogP contribution in [0.2, 0.25) is 0 Å². The molecule has 4 nitrogen and oxygen atoms in total. The van der Waals surface area contributed by atoms with E-state index in [1.807, 2.05) is 45.7 Å². The van der Waals surface area contributed by atoms with E-state index in [9.17, 15) is 4.79 Å². The normalized spacial score (nSPS) is 10.1. The number of aryl methyl sites for hydroxylation is 1. The molecule has 0 spiro atoms. The first kappa shape index (κ1) is 12.5. The molecule has 0 radical (unpaired) electrons. The Morgan fingerprint density at radius 3 is 2.56 bits per heavy atom. The van der Waals surface area contributed by atoms with Gasteiger partial charge in [0, 0.05) is 5.69 Å². The fraction of sp³-hybridized carbons (Fsp3) is 0.500. The average Bonchev–Trinajstić information content (AvgIpc) is 2.41. The van der Waals surface area contributed by atoms with Crippen molar-refractivity contribution in [3.8, 4) is 0 Å². The summed E-state index contributed by atoms with van der Waals surface area (Å²) in [6.45, 7) is 6.01. The van der Waals surface area contributed by atoms with E-state index in [0.717, 1.165) is 17.0 Å². The summed E-state index contributed by atoms with van der Waals surface area (Å²) in [5.41, 5.74) is 3.38. The van der Waals surface area contributed by atoms with Crippen molar-refractivity contribution in [3.63, 3.8) is 0 Å². The van der Waals surface area contributed by atoms with E-state index in [4.69, 9.17) is 4.74 Å². The maximum Gasteiger partial charge on any atom is 0.340 e. The molecule has 0 saturated carbocycles. The minimum absolute atomic E-state index is 0.257. The van der Waals surface area contributed by atoms with E-state index in [1.54, 1.807) is 0 Å². The van der Waals surface area contributed by atoms with E-state index in [1.165, 1.54) is 0 Å². The Morgan fingerprint density at radius 2 is 2.06 bits per heavy atom. The first-order valence-corrected chi connectivity index (χ1v) is 5.35. The van der Waals surface area contributed by atoms with Crippen LogP contribution in [0.15, 0.2) is 0 Å². The van der Waals surface area contributed by atoms with E-state index in [-0.39, 0.29) is 5.97 Å². The third-order valence-electron chi connectivity index (χ3n) is 2.34. The predicted molar refractivity (Wildman–Crippen MR) is 63.5 cm³/mol. The van der Waals surface area contributed by atoms with E-state index < -0.39 is 0 Å². The van der Waals surface area contributed by atoms with Gasteiger partial charge >= 0.3 is 5.97 Å². The maximum absolute atomic E-state index is 11.7. The molecule has 0 amide bonds. The van der Waals surface area contributed by atoms with Crippen molar-refractivity contribution in [2.75, 3.05) is 20.7 Å². The number of carbonyl (C=O) groups excluding carboxylic acids is 1. The SMILES string of the molecule is CCOC(=O)c1c(C)[nH]c(C=[N+](C)C)c1C. The number of ether oxygens (including phenoxy) is 1. The number of esters is 1. The summed E-state index contributed by atoms with van der Waals surface area (Å²) in [4.78, 5) is 14.9. The minimum atomic E-state index is -0.257. The Morgan fingerprint density at radius 1 is 1.44 bits per heavy atom. The lowest BCUT2D eigenvalue weighted by Gasteiger charge is -2.01. The highest BCUT2D eigenvalue weighted by molar-refractivity contribution is 5.95. The van der Waals surface area contributed by atoms with Crippen LogP contribution in [0.25, 0.3) is 0 Å². The molecule has 16 heavy (non-hydrogen) atoms. The van der Waals surface area contributed by atoms with Crippen molar-refractivity contribution in [2.45, 2.75) is 20.8 Å². The van der Waals surface area contributed by atoms with Gasteiger partial charge < -0.3 is 9.72 Å². The molecule has 1 N–H and O–H groups in total. The molecule has 0 saturated heterocycles. The Hall–Kier alpha value is -1.58. The molecule has 1 aromatic rings. The van der Waals surface area contributed by atoms with Crippen molar-refractivity contribution in [3.05, 3.63) is 22.5 Å². The van der Waals surface area contributed by atoms with Crippen LogP contribution in [0.1, 0.15) is 34.2 Å². The van der Waals surface area contributed by atoms with Gasteiger partial charge in [-0.05, 0) is 26.3 Å². The zero-order valence-corrected chi connectivity index (χ0v) is 10.5. The third kappa shape index (κ3) is 2.51. The predicted octanol–water partition coefficient (Wildman–Crippen LogP) is 1.50.